The maximum Gasteiger partial charge on any atom is 0.224 e. The Morgan fingerprint density at radius 2 is 2.07 bits per heavy atom. The number of amides is 1. The second-order valence-electron chi connectivity index (χ2n) is 7.35. The van der Waals surface area contributed by atoms with E-state index in [4.69, 9.17) is 16.6 Å². The summed E-state index contributed by atoms with van der Waals surface area (Å²) in [5, 5.41) is 6.96. The molecular weight excluding hydrogens is 396 g/mol. The highest BCUT2D eigenvalue weighted by molar-refractivity contribution is 7.80. The van der Waals surface area contributed by atoms with Crippen LogP contribution in [0, 0.1) is 13.8 Å². The van der Waals surface area contributed by atoms with Crippen molar-refractivity contribution in [3.8, 4) is 0 Å². The number of carbonyl (C=O) groups is 1. The number of hydrogen-bond donors (Lipinski definition) is 2. The van der Waals surface area contributed by atoms with E-state index in [-0.39, 0.29) is 18.0 Å². The van der Waals surface area contributed by atoms with Gasteiger partial charge in [0.1, 0.15) is 17.6 Å². The van der Waals surface area contributed by atoms with E-state index >= 15 is 0 Å². The minimum absolute atomic E-state index is 0.0108. The van der Waals surface area contributed by atoms with Gasteiger partial charge in [-0.2, -0.15) is 0 Å². The number of furan rings is 1. The molecule has 0 aliphatic carbocycles. The van der Waals surface area contributed by atoms with Gasteiger partial charge in [0.2, 0.25) is 5.91 Å². The van der Waals surface area contributed by atoms with Crippen molar-refractivity contribution < 1.29 is 9.21 Å². The molecule has 1 aliphatic rings. The van der Waals surface area contributed by atoms with Crippen molar-refractivity contribution >= 4 is 34.6 Å². The van der Waals surface area contributed by atoms with Gasteiger partial charge in [-0.1, -0.05) is 13.0 Å². The number of thiocarbonyl (C=S) groups is 1. The second kappa shape index (κ2) is 8.28. The van der Waals surface area contributed by atoms with Crippen LogP contribution in [-0.2, 0) is 4.79 Å². The Balaban J connectivity index is 1.74. The maximum absolute atomic E-state index is 11.8. The summed E-state index contributed by atoms with van der Waals surface area (Å²) in [4.78, 5) is 18.4. The summed E-state index contributed by atoms with van der Waals surface area (Å²) in [5.74, 6) is 1.65. The van der Waals surface area contributed by atoms with E-state index in [9.17, 15) is 4.79 Å². The Hall–Kier alpha value is -3.19. The molecule has 0 saturated carbocycles. The Morgan fingerprint density at radius 1 is 1.23 bits per heavy atom. The SMILES string of the molecule is CCC(=O)Nc1ccc(N2C(=S)N[C@@H](c3ccccn3)[C@@H]2c2ccc(C)o2)cc1C. The Morgan fingerprint density at radius 3 is 2.70 bits per heavy atom. The van der Waals surface area contributed by atoms with Crippen LogP contribution in [0.15, 0.2) is 59.1 Å². The monoisotopic (exact) mass is 420 g/mol. The fourth-order valence-electron chi connectivity index (χ4n) is 3.71. The molecule has 0 bridgehead atoms. The van der Waals surface area contributed by atoms with Gasteiger partial charge in [0.15, 0.2) is 5.11 Å². The quantitative estimate of drug-likeness (QED) is 0.577. The average Bonchev–Trinajstić information content (AvgIpc) is 3.32. The van der Waals surface area contributed by atoms with Gasteiger partial charge >= 0.3 is 0 Å². The van der Waals surface area contributed by atoms with Crippen LogP contribution in [0.5, 0.6) is 0 Å². The predicted molar refractivity (Wildman–Crippen MR) is 121 cm³/mol. The molecule has 4 rings (SSSR count). The summed E-state index contributed by atoms with van der Waals surface area (Å²) in [6.45, 7) is 5.74. The van der Waals surface area contributed by atoms with E-state index in [2.05, 4.69) is 20.5 Å². The third-order valence-corrected chi connectivity index (χ3v) is 5.55. The van der Waals surface area contributed by atoms with Crippen LogP contribution in [0.2, 0.25) is 0 Å². The molecule has 154 valence electrons. The summed E-state index contributed by atoms with van der Waals surface area (Å²) in [6, 6.07) is 15.4. The van der Waals surface area contributed by atoms with Gasteiger partial charge in [0.25, 0.3) is 0 Å². The highest BCUT2D eigenvalue weighted by Crippen LogP contribution is 2.42. The molecule has 0 radical (unpaired) electrons. The zero-order chi connectivity index (χ0) is 21.3. The van der Waals surface area contributed by atoms with Gasteiger partial charge in [-0.3, -0.25) is 9.78 Å². The first-order valence-electron chi connectivity index (χ1n) is 9.95. The molecule has 0 spiro atoms. The number of pyridine rings is 1. The first kappa shape index (κ1) is 20.1. The zero-order valence-electron chi connectivity index (χ0n) is 17.2. The summed E-state index contributed by atoms with van der Waals surface area (Å²) in [7, 11) is 0. The van der Waals surface area contributed by atoms with E-state index in [0.717, 1.165) is 34.2 Å². The van der Waals surface area contributed by atoms with E-state index in [1.165, 1.54) is 0 Å². The number of nitrogens with zero attached hydrogens (tertiary/aromatic N) is 2. The van der Waals surface area contributed by atoms with Crippen LogP contribution in [-0.4, -0.2) is 16.0 Å². The molecule has 3 aromatic rings. The normalized spacial score (nSPS) is 18.4. The third-order valence-electron chi connectivity index (χ3n) is 5.23. The highest BCUT2D eigenvalue weighted by atomic mass is 32.1. The van der Waals surface area contributed by atoms with Gasteiger partial charge in [-0.05, 0) is 74.1 Å². The van der Waals surface area contributed by atoms with Crippen LogP contribution in [0.25, 0.3) is 0 Å². The highest BCUT2D eigenvalue weighted by Gasteiger charge is 2.42. The number of anilines is 2. The molecule has 2 aromatic heterocycles. The van der Waals surface area contributed by atoms with Crippen molar-refractivity contribution in [1.82, 2.24) is 10.3 Å². The molecule has 2 N–H and O–H groups in total. The van der Waals surface area contributed by atoms with Crippen molar-refractivity contribution in [3.05, 3.63) is 77.5 Å². The first-order chi connectivity index (χ1) is 14.5. The molecule has 7 heteroatoms. The van der Waals surface area contributed by atoms with Crippen LogP contribution >= 0.6 is 12.2 Å². The molecule has 30 heavy (non-hydrogen) atoms. The minimum atomic E-state index is -0.184. The lowest BCUT2D eigenvalue weighted by molar-refractivity contribution is -0.115. The van der Waals surface area contributed by atoms with E-state index in [0.29, 0.717) is 11.5 Å². The number of aromatic nitrogens is 1. The zero-order valence-corrected chi connectivity index (χ0v) is 18.0. The number of carbonyl (C=O) groups excluding carboxylic acids is 1. The Kier molecular flexibility index (Phi) is 5.55. The van der Waals surface area contributed by atoms with Gasteiger partial charge in [0, 0.05) is 24.0 Å². The smallest absolute Gasteiger partial charge is 0.224 e. The first-order valence-corrected chi connectivity index (χ1v) is 10.4. The molecule has 1 amide bonds. The number of hydrogen-bond acceptors (Lipinski definition) is 4. The molecule has 0 unspecified atom stereocenters. The van der Waals surface area contributed by atoms with Gasteiger partial charge in [0.05, 0.1) is 11.7 Å². The topological polar surface area (TPSA) is 70.4 Å². The second-order valence-corrected chi connectivity index (χ2v) is 7.73. The Labute approximate surface area is 181 Å². The van der Waals surface area contributed by atoms with Crippen LogP contribution in [0.3, 0.4) is 0 Å². The lowest BCUT2D eigenvalue weighted by Crippen LogP contribution is -2.29. The van der Waals surface area contributed by atoms with Gasteiger partial charge in [-0.15, -0.1) is 0 Å². The molecule has 1 aromatic carbocycles. The van der Waals surface area contributed by atoms with Crippen molar-refractivity contribution in [2.24, 2.45) is 0 Å². The van der Waals surface area contributed by atoms with E-state index in [1.54, 1.807) is 6.20 Å². The number of rotatable bonds is 5. The summed E-state index contributed by atoms with van der Waals surface area (Å²) in [6.07, 6.45) is 2.22. The lowest BCUT2D eigenvalue weighted by Gasteiger charge is -2.26. The third kappa shape index (κ3) is 3.80. The number of aryl methyl sites for hydroxylation is 2. The molecule has 1 fully saturated rings. The lowest BCUT2D eigenvalue weighted by atomic mass is 10.0. The average molecular weight is 421 g/mol. The predicted octanol–water partition coefficient (Wildman–Crippen LogP) is 4.82. The fourth-order valence-corrected chi connectivity index (χ4v) is 4.06. The number of nitrogens with one attached hydrogen (secondary N) is 2. The van der Waals surface area contributed by atoms with E-state index in [1.807, 2.05) is 69.3 Å². The molecule has 2 atom stereocenters. The minimum Gasteiger partial charge on any atom is -0.464 e. The standard InChI is InChI=1S/C23H24N4O2S/c1-4-20(28)25-17-10-9-16(13-14(17)2)27-22(19-11-8-15(3)29-19)21(26-23(27)30)18-7-5-6-12-24-18/h5-13,21-22H,4H2,1-3H3,(H,25,28)(H,26,30)/t21-,22-/m0/s1. The molecule has 1 aliphatic heterocycles. The van der Waals surface area contributed by atoms with Crippen molar-refractivity contribution in [2.75, 3.05) is 10.2 Å². The molecule has 1 saturated heterocycles. The molecular formula is C23H24N4O2S. The summed E-state index contributed by atoms with van der Waals surface area (Å²) >= 11 is 5.72. The van der Waals surface area contributed by atoms with Crippen LogP contribution in [0.1, 0.15) is 48.2 Å². The summed E-state index contributed by atoms with van der Waals surface area (Å²) < 4.78 is 6.01. The Bertz CT molecular complexity index is 1080. The fraction of sp³-hybridized carbons (Fsp3) is 0.261. The molecule has 6 nitrogen and oxygen atoms in total. The van der Waals surface area contributed by atoms with Crippen molar-refractivity contribution in [2.45, 2.75) is 39.3 Å². The number of benzene rings is 1. The largest absolute Gasteiger partial charge is 0.464 e. The van der Waals surface area contributed by atoms with Crippen molar-refractivity contribution in [3.63, 3.8) is 0 Å². The maximum atomic E-state index is 11.8. The van der Waals surface area contributed by atoms with Gasteiger partial charge in [-0.25, -0.2) is 0 Å². The summed E-state index contributed by atoms with van der Waals surface area (Å²) in [5.41, 5.74) is 3.59. The van der Waals surface area contributed by atoms with Crippen LogP contribution in [0.4, 0.5) is 11.4 Å². The molecule has 3 heterocycles. The van der Waals surface area contributed by atoms with Crippen LogP contribution < -0.4 is 15.5 Å². The van der Waals surface area contributed by atoms with E-state index < -0.39 is 0 Å². The van der Waals surface area contributed by atoms with Gasteiger partial charge < -0.3 is 20.0 Å². The van der Waals surface area contributed by atoms with Crippen molar-refractivity contribution in [1.29, 1.82) is 0 Å².